The van der Waals surface area contributed by atoms with Crippen molar-refractivity contribution in [2.45, 2.75) is 13.8 Å². The molecule has 0 saturated carbocycles. The van der Waals surface area contributed by atoms with Crippen LogP contribution in [0, 0.1) is 24.0 Å². The van der Waals surface area contributed by atoms with E-state index >= 15 is 0 Å². The molecule has 0 unspecified atom stereocenters. The molecule has 0 N–H and O–H groups in total. The molecule has 1 aliphatic heterocycles. The van der Waals surface area contributed by atoms with Gasteiger partial charge in [-0.15, -0.1) is 0 Å². The number of amides is 1. The summed E-state index contributed by atoms with van der Waals surface area (Å²) in [6, 6.07) is 12.5. The van der Waals surface area contributed by atoms with Crippen LogP contribution >= 0.6 is 0 Å². The maximum absolute atomic E-state index is 12.4. The van der Waals surface area contributed by atoms with Crippen molar-refractivity contribution >= 4 is 17.3 Å². The maximum Gasteiger partial charge on any atom is 0.292 e. The van der Waals surface area contributed by atoms with Crippen LogP contribution in [-0.4, -0.2) is 48.5 Å². The first kappa shape index (κ1) is 18.7. The number of benzene rings is 2. The molecule has 142 valence electrons. The number of nitro groups is 1. The van der Waals surface area contributed by atoms with Crippen LogP contribution in [0.5, 0.6) is 5.75 Å². The third-order valence-electron chi connectivity index (χ3n) is 4.89. The molecule has 2 aromatic carbocycles. The fourth-order valence-electron chi connectivity index (χ4n) is 3.12. The molecule has 0 bridgehead atoms. The van der Waals surface area contributed by atoms with Gasteiger partial charge in [0.15, 0.2) is 6.61 Å². The number of carbonyl (C=O) groups excluding carboxylic acids is 1. The zero-order chi connectivity index (χ0) is 19.4. The Morgan fingerprint density at radius 1 is 1.07 bits per heavy atom. The smallest absolute Gasteiger partial charge is 0.292 e. The summed E-state index contributed by atoms with van der Waals surface area (Å²) in [4.78, 5) is 26.9. The monoisotopic (exact) mass is 369 g/mol. The number of rotatable bonds is 5. The lowest BCUT2D eigenvalue weighted by atomic mass is 10.1. The Balaban J connectivity index is 1.55. The van der Waals surface area contributed by atoms with Gasteiger partial charge in [-0.1, -0.05) is 18.2 Å². The van der Waals surface area contributed by atoms with Gasteiger partial charge in [-0.25, -0.2) is 0 Å². The first-order valence-electron chi connectivity index (χ1n) is 8.92. The Morgan fingerprint density at radius 3 is 2.44 bits per heavy atom. The Morgan fingerprint density at radius 2 is 1.78 bits per heavy atom. The number of piperazine rings is 1. The molecule has 1 amide bonds. The van der Waals surface area contributed by atoms with Gasteiger partial charge in [0, 0.05) is 32.2 Å². The average Bonchev–Trinajstić information content (AvgIpc) is 2.68. The molecule has 0 aliphatic carbocycles. The molecule has 1 aliphatic rings. The lowest BCUT2D eigenvalue weighted by Gasteiger charge is -2.35. The molecule has 7 heteroatoms. The van der Waals surface area contributed by atoms with Crippen molar-refractivity contribution in [2.75, 3.05) is 37.7 Å². The molecule has 0 atom stereocenters. The molecular formula is C20H23N3O4. The van der Waals surface area contributed by atoms with E-state index in [9.17, 15) is 14.9 Å². The topological polar surface area (TPSA) is 75.9 Å². The standard InChI is InChI=1S/C20H23N3O4/c1-15-7-8-17(13-16(15)2)27-14-20(24)22-11-9-21(10-12-22)18-5-3-4-6-19(18)23(25)26/h3-8,13H,9-12,14H2,1-2H3. The summed E-state index contributed by atoms with van der Waals surface area (Å²) in [7, 11) is 0. The fraction of sp³-hybridized carbons (Fsp3) is 0.350. The molecule has 1 heterocycles. The van der Waals surface area contributed by atoms with Gasteiger partial charge in [-0.05, 0) is 43.2 Å². The summed E-state index contributed by atoms with van der Waals surface area (Å²) in [5.74, 6) is 0.612. The van der Waals surface area contributed by atoms with Gasteiger partial charge < -0.3 is 14.5 Å². The Bertz CT molecular complexity index is 845. The molecule has 0 aromatic heterocycles. The van der Waals surface area contributed by atoms with Gasteiger partial charge >= 0.3 is 0 Å². The van der Waals surface area contributed by atoms with Crippen molar-refractivity contribution in [3.8, 4) is 5.75 Å². The minimum Gasteiger partial charge on any atom is -0.484 e. The van der Waals surface area contributed by atoms with Crippen molar-refractivity contribution in [1.82, 2.24) is 4.90 Å². The predicted molar refractivity (Wildman–Crippen MR) is 103 cm³/mol. The first-order chi connectivity index (χ1) is 13.0. The quantitative estimate of drug-likeness (QED) is 0.598. The normalized spacial score (nSPS) is 14.1. The number of anilines is 1. The van der Waals surface area contributed by atoms with Crippen LogP contribution < -0.4 is 9.64 Å². The van der Waals surface area contributed by atoms with E-state index < -0.39 is 0 Å². The second-order valence-electron chi connectivity index (χ2n) is 6.65. The lowest BCUT2D eigenvalue weighted by Crippen LogP contribution is -2.50. The minimum atomic E-state index is -0.371. The molecule has 1 fully saturated rings. The van der Waals surface area contributed by atoms with Gasteiger partial charge in [0.05, 0.1) is 4.92 Å². The molecule has 27 heavy (non-hydrogen) atoms. The fourth-order valence-corrected chi connectivity index (χ4v) is 3.12. The molecule has 0 radical (unpaired) electrons. The molecule has 2 aromatic rings. The third kappa shape index (κ3) is 4.36. The second-order valence-corrected chi connectivity index (χ2v) is 6.65. The van der Waals surface area contributed by atoms with E-state index in [0.29, 0.717) is 37.6 Å². The number of carbonyl (C=O) groups is 1. The second kappa shape index (κ2) is 8.07. The number of ether oxygens (including phenoxy) is 1. The summed E-state index contributed by atoms with van der Waals surface area (Å²) < 4.78 is 5.62. The van der Waals surface area contributed by atoms with Crippen molar-refractivity contribution in [3.63, 3.8) is 0 Å². The number of nitrogens with zero attached hydrogens (tertiary/aromatic N) is 3. The molecule has 3 rings (SSSR count). The highest BCUT2D eigenvalue weighted by atomic mass is 16.6. The lowest BCUT2D eigenvalue weighted by molar-refractivity contribution is -0.384. The summed E-state index contributed by atoms with van der Waals surface area (Å²) in [5, 5.41) is 11.2. The summed E-state index contributed by atoms with van der Waals surface area (Å²) in [5.41, 5.74) is 2.99. The summed E-state index contributed by atoms with van der Waals surface area (Å²) in [6.45, 7) is 6.17. The Kier molecular flexibility index (Phi) is 5.59. The van der Waals surface area contributed by atoms with Gasteiger partial charge in [0.25, 0.3) is 11.6 Å². The van der Waals surface area contributed by atoms with Crippen LogP contribution in [0.3, 0.4) is 0 Å². The summed E-state index contributed by atoms with van der Waals surface area (Å²) in [6.07, 6.45) is 0. The summed E-state index contributed by atoms with van der Waals surface area (Å²) >= 11 is 0. The van der Waals surface area contributed by atoms with E-state index in [1.165, 1.54) is 11.6 Å². The van der Waals surface area contributed by atoms with Crippen LogP contribution in [0.15, 0.2) is 42.5 Å². The number of aryl methyl sites for hydroxylation is 2. The zero-order valence-electron chi connectivity index (χ0n) is 15.6. The van der Waals surface area contributed by atoms with Crippen molar-refractivity contribution < 1.29 is 14.5 Å². The van der Waals surface area contributed by atoms with E-state index in [0.717, 1.165) is 5.56 Å². The van der Waals surface area contributed by atoms with E-state index in [-0.39, 0.29) is 23.1 Å². The van der Waals surface area contributed by atoms with Crippen molar-refractivity contribution in [3.05, 3.63) is 63.7 Å². The average molecular weight is 369 g/mol. The number of para-hydroxylation sites is 2. The number of hydrogen-bond acceptors (Lipinski definition) is 5. The third-order valence-corrected chi connectivity index (χ3v) is 4.89. The van der Waals surface area contributed by atoms with Crippen LogP contribution in [0.2, 0.25) is 0 Å². The molecule has 1 saturated heterocycles. The van der Waals surface area contributed by atoms with Gasteiger partial charge in [0.1, 0.15) is 11.4 Å². The van der Waals surface area contributed by atoms with Crippen LogP contribution in [-0.2, 0) is 4.79 Å². The Hall–Kier alpha value is -3.09. The highest BCUT2D eigenvalue weighted by Gasteiger charge is 2.25. The highest BCUT2D eigenvalue weighted by molar-refractivity contribution is 5.78. The van der Waals surface area contributed by atoms with Crippen LogP contribution in [0.25, 0.3) is 0 Å². The molecule has 7 nitrogen and oxygen atoms in total. The van der Waals surface area contributed by atoms with Gasteiger partial charge in [0.2, 0.25) is 0 Å². The van der Waals surface area contributed by atoms with Crippen LogP contribution in [0.1, 0.15) is 11.1 Å². The largest absolute Gasteiger partial charge is 0.484 e. The maximum atomic E-state index is 12.4. The van der Waals surface area contributed by atoms with Crippen molar-refractivity contribution in [1.29, 1.82) is 0 Å². The van der Waals surface area contributed by atoms with E-state index in [1.807, 2.05) is 36.9 Å². The number of hydrogen-bond donors (Lipinski definition) is 0. The van der Waals surface area contributed by atoms with E-state index in [1.54, 1.807) is 23.1 Å². The molecule has 0 spiro atoms. The van der Waals surface area contributed by atoms with E-state index in [4.69, 9.17) is 4.74 Å². The van der Waals surface area contributed by atoms with Gasteiger partial charge in [-0.3, -0.25) is 14.9 Å². The van der Waals surface area contributed by atoms with Crippen LogP contribution in [0.4, 0.5) is 11.4 Å². The Labute approximate surface area is 158 Å². The molecular weight excluding hydrogens is 346 g/mol. The van der Waals surface area contributed by atoms with Crippen molar-refractivity contribution in [2.24, 2.45) is 0 Å². The SMILES string of the molecule is Cc1ccc(OCC(=O)N2CCN(c3ccccc3[N+](=O)[O-])CC2)cc1C. The highest BCUT2D eigenvalue weighted by Crippen LogP contribution is 2.28. The predicted octanol–water partition coefficient (Wildman–Crippen LogP) is 2.94. The minimum absolute atomic E-state index is 0.00597. The first-order valence-corrected chi connectivity index (χ1v) is 8.92. The van der Waals surface area contributed by atoms with E-state index in [2.05, 4.69) is 0 Å². The zero-order valence-corrected chi connectivity index (χ0v) is 15.6. The van der Waals surface area contributed by atoms with Gasteiger partial charge in [-0.2, -0.15) is 0 Å². The number of nitro benzene ring substituents is 1.